The lowest BCUT2D eigenvalue weighted by molar-refractivity contribution is 0.286. The van der Waals surface area contributed by atoms with Crippen molar-refractivity contribution in [3.8, 4) is 17.6 Å². The zero-order chi connectivity index (χ0) is 19.9. The van der Waals surface area contributed by atoms with Crippen LogP contribution in [0.2, 0.25) is 0 Å². The number of hydrogen-bond donors (Lipinski definition) is 1. The van der Waals surface area contributed by atoms with Gasteiger partial charge in [0.2, 0.25) is 0 Å². The predicted octanol–water partition coefficient (Wildman–Crippen LogP) is 5.19. The monoisotopic (exact) mass is 383 g/mol. The third-order valence-electron chi connectivity index (χ3n) is 4.27. The van der Waals surface area contributed by atoms with Crippen LogP contribution >= 0.6 is 0 Å². The van der Waals surface area contributed by atoms with Crippen molar-refractivity contribution in [2.75, 3.05) is 5.43 Å². The van der Waals surface area contributed by atoms with Gasteiger partial charge < -0.3 is 9.47 Å². The van der Waals surface area contributed by atoms with E-state index in [1.165, 1.54) is 0 Å². The minimum atomic E-state index is -0.118. The van der Waals surface area contributed by atoms with E-state index in [-0.39, 0.29) is 5.84 Å². The Morgan fingerprint density at radius 1 is 0.759 bits per heavy atom. The van der Waals surface area contributed by atoms with E-state index >= 15 is 0 Å². The molecule has 29 heavy (non-hydrogen) atoms. The first-order chi connectivity index (χ1) is 14.3. The Morgan fingerprint density at radius 2 is 1.38 bits per heavy atom. The van der Waals surface area contributed by atoms with Gasteiger partial charge in [0, 0.05) is 0 Å². The summed E-state index contributed by atoms with van der Waals surface area (Å²) < 4.78 is 12.0. The van der Waals surface area contributed by atoms with E-state index in [1.54, 1.807) is 6.07 Å². The molecular weight excluding hydrogens is 366 g/mol. The molecule has 0 radical (unpaired) electrons. The van der Waals surface area contributed by atoms with Crippen molar-refractivity contribution < 1.29 is 9.47 Å². The molecular formula is C22H17N5O2. The first-order valence-electron chi connectivity index (χ1n) is 8.99. The van der Waals surface area contributed by atoms with Gasteiger partial charge in [0.15, 0.2) is 0 Å². The van der Waals surface area contributed by atoms with Crippen LogP contribution in [0, 0.1) is 11.3 Å². The van der Waals surface area contributed by atoms with Crippen molar-refractivity contribution in [2.24, 2.45) is 15.3 Å². The molecule has 0 bridgehead atoms. The highest BCUT2D eigenvalue weighted by molar-refractivity contribution is 5.97. The average Bonchev–Trinajstić information content (AvgIpc) is 2.78. The molecule has 1 heterocycles. The van der Waals surface area contributed by atoms with E-state index < -0.39 is 0 Å². The molecule has 0 amide bonds. The van der Waals surface area contributed by atoms with Crippen LogP contribution in [0.3, 0.4) is 0 Å². The van der Waals surface area contributed by atoms with E-state index in [9.17, 15) is 5.26 Å². The summed E-state index contributed by atoms with van der Waals surface area (Å²) >= 11 is 0. The third-order valence-corrected chi connectivity index (χ3v) is 4.27. The maximum Gasteiger partial charge on any atom is 0.270 e. The molecule has 0 aliphatic carbocycles. The van der Waals surface area contributed by atoms with Gasteiger partial charge in [0.1, 0.15) is 36.5 Å². The zero-order valence-corrected chi connectivity index (χ0v) is 15.4. The normalized spacial score (nSPS) is 15.2. The molecule has 1 N–H and O–H groups in total. The number of anilines is 1. The molecule has 142 valence electrons. The second-order valence-electron chi connectivity index (χ2n) is 6.17. The summed E-state index contributed by atoms with van der Waals surface area (Å²) in [5.74, 6) is 1.06. The number of nitrogens with zero attached hydrogens (tertiary/aromatic N) is 4. The summed E-state index contributed by atoms with van der Waals surface area (Å²) in [7, 11) is 0. The van der Waals surface area contributed by atoms with Crippen LogP contribution < -0.4 is 14.9 Å². The average molecular weight is 383 g/mol. The van der Waals surface area contributed by atoms with E-state index in [0.29, 0.717) is 36.1 Å². The van der Waals surface area contributed by atoms with Crippen molar-refractivity contribution in [1.82, 2.24) is 0 Å². The molecule has 3 aromatic rings. The SMILES string of the molecule is N#C/C1=N/Nc2ccccc2OCc2ccccc2COc2ccccc2N=N1. The number of hydrazone groups is 1. The molecule has 0 saturated carbocycles. The van der Waals surface area contributed by atoms with Crippen LogP contribution in [-0.2, 0) is 13.2 Å². The van der Waals surface area contributed by atoms with Gasteiger partial charge in [-0.15, -0.1) is 15.3 Å². The quantitative estimate of drug-likeness (QED) is 0.578. The fourth-order valence-corrected chi connectivity index (χ4v) is 2.78. The summed E-state index contributed by atoms with van der Waals surface area (Å²) in [6, 6.07) is 24.5. The summed E-state index contributed by atoms with van der Waals surface area (Å²) in [6.45, 7) is 0.717. The number of fused-ring (bicyclic) bond motifs is 3. The van der Waals surface area contributed by atoms with Crippen molar-refractivity contribution in [2.45, 2.75) is 13.2 Å². The standard InChI is InChI=1S/C22H17N5O2/c23-13-22-26-24-18-9-3-5-11-20(18)28-14-16-7-1-2-8-17(16)15-29-21-12-6-4-10-19(21)25-27-22/h1-12,24H,14-15H2/b26-22-,27-25?. The zero-order valence-electron chi connectivity index (χ0n) is 15.4. The number of para-hydroxylation sites is 3. The lowest BCUT2D eigenvalue weighted by atomic mass is 10.1. The van der Waals surface area contributed by atoms with Crippen molar-refractivity contribution in [3.05, 3.63) is 83.9 Å². The number of nitrogens with one attached hydrogen (secondary N) is 1. The van der Waals surface area contributed by atoms with Crippen molar-refractivity contribution >= 4 is 17.2 Å². The highest BCUT2D eigenvalue weighted by Crippen LogP contribution is 2.29. The number of azo groups is 1. The molecule has 0 unspecified atom stereocenters. The first-order valence-corrected chi connectivity index (χ1v) is 8.99. The molecule has 3 aromatic carbocycles. The molecule has 7 heteroatoms. The molecule has 0 saturated heterocycles. The van der Waals surface area contributed by atoms with E-state index in [1.807, 2.05) is 72.8 Å². The van der Waals surface area contributed by atoms with E-state index in [0.717, 1.165) is 11.1 Å². The maximum absolute atomic E-state index is 9.32. The van der Waals surface area contributed by atoms with Crippen LogP contribution in [0.4, 0.5) is 11.4 Å². The molecule has 0 fully saturated rings. The number of hydrogen-bond acceptors (Lipinski definition) is 7. The minimum Gasteiger partial charge on any atom is -0.487 e. The Morgan fingerprint density at radius 3 is 2.14 bits per heavy atom. The van der Waals surface area contributed by atoms with Crippen molar-refractivity contribution in [1.29, 1.82) is 5.26 Å². The number of nitriles is 1. The Hall–Kier alpha value is -4.18. The maximum atomic E-state index is 9.32. The van der Waals surface area contributed by atoms with Crippen LogP contribution in [0.1, 0.15) is 11.1 Å². The molecule has 1 aliphatic rings. The molecule has 4 rings (SSSR count). The number of rotatable bonds is 0. The van der Waals surface area contributed by atoms with Crippen LogP contribution in [0.5, 0.6) is 11.5 Å². The summed E-state index contributed by atoms with van der Waals surface area (Å²) in [5, 5.41) is 21.4. The van der Waals surface area contributed by atoms with Gasteiger partial charge in [-0.05, 0) is 35.4 Å². The van der Waals surface area contributed by atoms with Gasteiger partial charge in [-0.2, -0.15) is 5.26 Å². The third kappa shape index (κ3) is 4.39. The fourth-order valence-electron chi connectivity index (χ4n) is 2.78. The smallest absolute Gasteiger partial charge is 0.270 e. The number of ether oxygens (including phenoxy) is 2. The molecule has 0 aromatic heterocycles. The largest absolute Gasteiger partial charge is 0.487 e. The summed E-state index contributed by atoms with van der Waals surface area (Å²) in [4.78, 5) is 0. The molecule has 0 spiro atoms. The van der Waals surface area contributed by atoms with Crippen LogP contribution in [0.15, 0.2) is 88.1 Å². The van der Waals surface area contributed by atoms with Gasteiger partial charge >= 0.3 is 0 Å². The Kier molecular flexibility index (Phi) is 5.44. The van der Waals surface area contributed by atoms with Gasteiger partial charge in [0.05, 0.1) is 5.69 Å². The van der Waals surface area contributed by atoms with Gasteiger partial charge in [-0.1, -0.05) is 48.5 Å². The second kappa shape index (κ2) is 8.67. The Bertz CT molecular complexity index is 1120. The van der Waals surface area contributed by atoms with E-state index in [2.05, 4.69) is 20.8 Å². The summed E-state index contributed by atoms with van der Waals surface area (Å²) in [6.07, 6.45) is 0. The molecule has 1 aliphatic heterocycles. The lowest BCUT2D eigenvalue weighted by Gasteiger charge is -2.14. The van der Waals surface area contributed by atoms with Gasteiger partial charge in [-0.25, -0.2) is 0 Å². The molecule has 7 nitrogen and oxygen atoms in total. The first kappa shape index (κ1) is 18.2. The van der Waals surface area contributed by atoms with E-state index in [4.69, 9.17) is 9.47 Å². The van der Waals surface area contributed by atoms with Crippen molar-refractivity contribution in [3.63, 3.8) is 0 Å². The highest BCUT2D eigenvalue weighted by Gasteiger charge is 2.10. The van der Waals surface area contributed by atoms with Crippen LogP contribution in [-0.4, -0.2) is 5.84 Å². The number of amidine groups is 1. The fraction of sp³-hybridized carbons (Fsp3) is 0.0909. The highest BCUT2D eigenvalue weighted by atomic mass is 16.5. The Balaban J connectivity index is 1.76. The summed E-state index contributed by atoms with van der Waals surface area (Å²) in [5.41, 5.74) is 5.99. The topological polar surface area (TPSA) is 91.4 Å². The minimum absolute atomic E-state index is 0.118. The Labute approximate surface area is 167 Å². The lowest BCUT2D eigenvalue weighted by Crippen LogP contribution is -2.04. The van der Waals surface area contributed by atoms with Crippen LogP contribution in [0.25, 0.3) is 0 Å². The van der Waals surface area contributed by atoms with Gasteiger partial charge in [0.25, 0.3) is 5.84 Å². The van der Waals surface area contributed by atoms with Gasteiger partial charge in [-0.3, -0.25) is 5.43 Å². The number of benzene rings is 3. The second-order valence-corrected chi connectivity index (χ2v) is 6.17. The predicted molar refractivity (Wildman–Crippen MR) is 109 cm³/mol. The molecule has 0 atom stereocenters.